The van der Waals surface area contributed by atoms with E-state index in [0.717, 1.165) is 10.9 Å². The van der Waals surface area contributed by atoms with Gasteiger partial charge in [-0.3, -0.25) is 0 Å². The molecule has 0 fully saturated rings. The molecule has 0 spiro atoms. The van der Waals surface area contributed by atoms with Crippen LogP contribution in [0.4, 0.5) is 0 Å². The molecular formula is C15H16N2O2. The normalized spacial score (nSPS) is 11.4. The molecule has 0 atom stereocenters. The molecule has 1 heterocycles. The highest BCUT2D eigenvalue weighted by Crippen LogP contribution is 2.25. The van der Waals surface area contributed by atoms with Crippen LogP contribution in [0.15, 0.2) is 30.5 Å². The molecule has 1 N–H and O–H groups in total. The summed E-state index contributed by atoms with van der Waals surface area (Å²) >= 11 is 0. The van der Waals surface area contributed by atoms with Gasteiger partial charge in [-0.25, -0.2) is 4.79 Å². The number of aromatic carboxylic acids is 1. The maximum absolute atomic E-state index is 11.2. The summed E-state index contributed by atoms with van der Waals surface area (Å²) in [6.45, 7) is 4.40. The van der Waals surface area contributed by atoms with Crippen molar-refractivity contribution in [3.63, 3.8) is 0 Å². The van der Waals surface area contributed by atoms with E-state index in [4.69, 9.17) is 5.26 Å². The fourth-order valence-electron chi connectivity index (χ4n) is 2.06. The molecule has 0 aliphatic heterocycles. The minimum Gasteiger partial charge on any atom is -0.478 e. The van der Waals surface area contributed by atoms with Gasteiger partial charge in [0.1, 0.15) is 0 Å². The summed E-state index contributed by atoms with van der Waals surface area (Å²) in [5, 5.41) is 19.0. The van der Waals surface area contributed by atoms with Gasteiger partial charge < -0.3 is 9.67 Å². The average Bonchev–Trinajstić information content (AvgIpc) is 2.76. The Labute approximate surface area is 111 Å². The zero-order valence-corrected chi connectivity index (χ0v) is 11.1. The molecule has 4 nitrogen and oxygen atoms in total. The number of fused-ring (bicyclic) bond motifs is 1. The molecule has 2 rings (SSSR count). The number of hydrogen-bond acceptors (Lipinski definition) is 2. The number of carboxylic acid groups (broad SMARTS) is 1. The number of para-hydroxylation sites is 1. The third-order valence-corrected chi connectivity index (χ3v) is 3.30. The van der Waals surface area contributed by atoms with E-state index in [2.05, 4.69) is 6.07 Å². The van der Waals surface area contributed by atoms with Crippen LogP contribution in [0.2, 0.25) is 0 Å². The monoisotopic (exact) mass is 256 g/mol. The minimum absolute atomic E-state index is 0.311. The van der Waals surface area contributed by atoms with Gasteiger partial charge in [0, 0.05) is 23.6 Å². The van der Waals surface area contributed by atoms with Crippen molar-refractivity contribution in [3.05, 3.63) is 36.0 Å². The van der Waals surface area contributed by atoms with Gasteiger partial charge in [-0.15, -0.1) is 0 Å². The lowest BCUT2D eigenvalue weighted by Crippen LogP contribution is -2.12. The molecule has 1 aromatic carbocycles. The van der Waals surface area contributed by atoms with Crippen molar-refractivity contribution in [2.75, 3.05) is 0 Å². The smallest absolute Gasteiger partial charge is 0.337 e. The maximum atomic E-state index is 11.2. The molecule has 1 aromatic heterocycles. The number of carbonyl (C=O) groups is 1. The van der Waals surface area contributed by atoms with Crippen LogP contribution in [-0.4, -0.2) is 15.6 Å². The van der Waals surface area contributed by atoms with E-state index >= 15 is 0 Å². The second-order valence-corrected chi connectivity index (χ2v) is 5.30. The van der Waals surface area contributed by atoms with Gasteiger partial charge in [0.05, 0.1) is 17.0 Å². The molecule has 0 aliphatic carbocycles. The summed E-state index contributed by atoms with van der Waals surface area (Å²) < 4.78 is 1.91. The Hall–Kier alpha value is -2.28. The van der Waals surface area contributed by atoms with Crippen molar-refractivity contribution in [2.45, 2.75) is 26.8 Å². The van der Waals surface area contributed by atoms with Gasteiger partial charge >= 0.3 is 5.97 Å². The number of rotatable bonds is 4. The average molecular weight is 256 g/mol. The van der Waals surface area contributed by atoms with Crippen LogP contribution in [0, 0.1) is 16.7 Å². The Morgan fingerprint density at radius 2 is 2.11 bits per heavy atom. The Bertz CT molecular complexity index is 662. The Morgan fingerprint density at radius 1 is 1.42 bits per heavy atom. The van der Waals surface area contributed by atoms with Crippen molar-refractivity contribution in [3.8, 4) is 6.07 Å². The number of aromatic nitrogens is 1. The largest absolute Gasteiger partial charge is 0.478 e. The number of benzene rings is 1. The highest BCUT2D eigenvalue weighted by atomic mass is 16.4. The van der Waals surface area contributed by atoms with E-state index in [-0.39, 0.29) is 0 Å². The lowest BCUT2D eigenvalue weighted by molar-refractivity contribution is 0.0699. The molecule has 0 bridgehead atoms. The van der Waals surface area contributed by atoms with Crippen molar-refractivity contribution < 1.29 is 9.90 Å². The van der Waals surface area contributed by atoms with Gasteiger partial charge in [0.2, 0.25) is 0 Å². The molecule has 2 aromatic rings. The predicted molar refractivity (Wildman–Crippen MR) is 72.9 cm³/mol. The molecule has 4 heteroatoms. The molecule has 19 heavy (non-hydrogen) atoms. The van der Waals surface area contributed by atoms with Crippen molar-refractivity contribution in [1.82, 2.24) is 4.57 Å². The maximum Gasteiger partial charge on any atom is 0.337 e. The summed E-state index contributed by atoms with van der Waals surface area (Å²) in [5.41, 5.74) is 0.799. The van der Waals surface area contributed by atoms with Crippen LogP contribution in [0.5, 0.6) is 0 Å². The lowest BCUT2D eigenvalue weighted by atomic mass is 9.91. The number of carboxylic acids is 1. The Kier molecular flexibility index (Phi) is 3.30. The quantitative estimate of drug-likeness (QED) is 0.912. The number of hydrogen-bond donors (Lipinski definition) is 1. The highest BCUT2D eigenvalue weighted by Gasteiger charge is 2.18. The second-order valence-electron chi connectivity index (χ2n) is 5.30. The Balaban J connectivity index is 2.39. The molecule has 98 valence electrons. The third kappa shape index (κ3) is 2.60. The van der Waals surface area contributed by atoms with Crippen LogP contribution in [0.3, 0.4) is 0 Å². The van der Waals surface area contributed by atoms with Crippen LogP contribution < -0.4 is 0 Å². The molecule has 0 saturated carbocycles. The van der Waals surface area contributed by atoms with Gasteiger partial charge in [-0.2, -0.15) is 5.26 Å². The third-order valence-electron chi connectivity index (χ3n) is 3.30. The Morgan fingerprint density at radius 3 is 2.74 bits per heavy atom. The lowest BCUT2D eigenvalue weighted by Gasteiger charge is -2.15. The van der Waals surface area contributed by atoms with Crippen LogP contribution >= 0.6 is 0 Å². The number of nitrogens with zero attached hydrogens (tertiary/aromatic N) is 2. The van der Waals surface area contributed by atoms with Crippen molar-refractivity contribution in [2.24, 2.45) is 5.41 Å². The molecule has 0 unspecified atom stereocenters. The van der Waals surface area contributed by atoms with Gasteiger partial charge in [0.25, 0.3) is 0 Å². The first-order valence-corrected chi connectivity index (χ1v) is 6.17. The first kappa shape index (κ1) is 13.2. The zero-order chi connectivity index (χ0) is 14.0. The van der Waals surface area contributed by atoms with Crippen molar-refractivity contribution >= 4 is 16.9 Å². The standard InChI is InChI=1S/C15H16N2O2/c1-15(2,10-16)7-8-17-9-12(14(18)19)11-5-3-4-6-13(11)17/h3-6,9H,7-8H2,1-2H3,(H,18,19). The predicted octanol–water partition coefficient (Wildman–Crippen LogP) is 3.28. The summed E-state index contributed by atoms with van der Waals surface area (Å²) in [6.07, 6.45) is 2.34. The first-order chi connectivity index (χ1) is 8.94. The summed E-state index contributed by atoms with van der Waals surface area (Å²) in [6, 6.07) is 9.69. The molecule has 0 aliphatic rings. The second kappa shape index (κ2) is 4.77. The molecular weight excluding hydrogens is 240 g/mol. The van der Waals surface area contributed by atoms with E-state index in [1.54, 1.807) is 6.20 Å². The van der Waals surface area contributed by atoms with E-state index < -0.39 is 11.4 Å². The van der Waals surface area contributed by atoms with E-state index in [9.17, 15) is 9.90 Å². The van der Waals surface area contributed by atoms with Crippen LogP contribution in [0.25, 0.3) is 10.9 Å². The summed E-state index contributed by atoms with van der Waals surface area (Å²) in [5.74, 6) is -0.922. The SMILES string of the molecule is CC(C)(C#N)CCn1cc(C(=O)O)c2ccccc21. The van der Waals surface area contributed by atoms with E-state index in [0.29, 0.717) is 18.5 Å². The number of nitriles is 1. The van der Waals surface area contributed by atoms with Crippen LogP contribution in [0.1, 0.15) is 30.6 Å². The fraction of sp³-hybridized carbons (Fsp3) is 0.333. The zero-order valence-electron chi connectivity index (χ0n) is 11.1. The van der Waals surface area contributed by atoms with Gasteiger partial charge in [-0.05, 0) is 26.3 Å². The van der Waals surface area contributed by atoms with Crippen LogP contribution in [-0.2, 0) is 6.54 Å². The summed E-state index contributed by atoms with van der Waals surface area (Å²) in [7, 11) is 0. The molecule has 0 saturated heterocycles. The number of aryl methyl sites for hydroxylation is 1. The highest BCUT2D eigenvalue weighted by molar-refractivity contribution is 6.03. The van der Waals surface area contributed by atoms with Gasteiger partial charge in [0.15, 0.2) is 0 Å². The minimum atomic E-state index is -0.922. The van der Waals surface area contributed by atoms with E-state index in [1.807, 2.05) is 42.7 Å². The van der Waals surface area contributed by atoms with Crippen molar-refractivity contribution in [1.29, 1.82) is 5.26 Å². The van der Waals surface area contributed by atoms with E-state index in [1.165, 1.54) is 0 Å². The molecule has 0 amide bonds. The fourth-order valence-corrected chi connectivity index (χ4v) is 2.06. The molecule has 0 radical (unpaired) electrons. The van der Waals surface area contributed by atoms with Gasteiger partial charge in [-0.1, -0.05) is 18.2 Å². The first-order valence-electron chi connectivity index (χ1n) is 6.17. The summed E-state index contributed by atoms with van der Waals surface area (Å²) in [4.78, 5) is 11.2. The topological polar surface area (TPSA) is 66.0 Å².